The van der Waals surface area contributed by atoms with Gasteiger partial charge in [-0.2, -0.15) is 0 Å². The quantitative estimate of drug-likeness (QED) is 0.323. The first-order chi connectivity index (χ1) is 18.6. The fraction of sp³-hybridized carbons (Fsp3) is 1.00. The van der Waals surface area contributed by atoms with Crippen LogP contribution in [0.3, 0.4) is 0 Å². The molecular formula is C35H62O5. The number of aliphatic hydroxyl groups excluding tert-OH is 1. The highest BCUT2D eigenvalue weighted by atomic mass is 16.7. The molecule has 0 amide bonds. The van der Waals surface area contributed by atoms with Gasteiger partial charge in [0.05, 0.1) is 37.6 Å². The van der Waals surface area contributed by atoms with E-state index in [0.717, 1.165) is 55.3 Å². The fourth-order valence-electron chi connectivity index (χ4n) is 10.7. The van der Waals surface area contributed by atoms with Crippen molar-refractivity contribution in [3.8, 4) is 0 Å². The van der Waals surface area contributed by atoms with Crippen molar-refractivity contribution in [3.05, 3.63) is 0 Å². The van der Waals surface area contributed by atoms with Crippen LogP contribution in [0.15, 0.2) is 0 Å². The second kappa shape index (κ2) is 11.1. The smallest absolute Gasteiger partial charge is 0.162 e. The van der Waals surface area contributed by atoms with Gasteiger partial charge in [0.15, 0.2) is 5.79 Å². The van der Waals surface area contributed by atoms with Crippen LogP contribution in [-0.4, -0.2) is 53.6 Å². The summed E-state index contributed by atoms with van der Waals surface area (Å²) in [6, 6.07) is 0. The molecule has 1 aliphatic heterocycles. The molecule has 5 heteroatoms. The van der Waals surface area contributed by atoms with E-state index < -0.39 is 11.4 Å². The van der Waals surface area contributed by atoms with Gasteiger partial charge in [0, 0.05) is 5.41 Å². The molecule has 0 aromatic heterocycles. The zero-order valence-electron chi connectivity index (χ0n) is 27.1. The summed E-state index contributed by atoms with van der Waals surface area (Å²) in [7, 11) is 0. The van der Waals surface area contributed by atoms with E-state index in [0.29, 0.717) is 31.2 Å². The van der Waals surface area contributed by atoms with Crippen LogP contribution in [-0.2, 0) is 14.2 Å². The van der Waals surface area contributed by atoms with Crippen LogP contribution in [0.1, 0.15) is 126 Å². The van der Waals surface area contributed by atoms with Crippen LogP contribution in [0.4, 0.5) is 0 Å². The van der Waals surface area contributed by atoms with Gasteiger partial charge in [-0.1, -0.05) is 40.5 Å². The first-order valence-electron chi connectivity index (χ1n) is 16.9. The van der Waals surface area contributed by atoms with Gasteiger partial charge >= 0.3 is 0 Å². The molecule has 1 heterocycles. The lowest BCUT2D eigenvalue weighted by atomic mass is 9.44. The molecule has 0 radical (unpaired) electrons. The Balaban J connectivity index is 1.20. The van der Waals surface area contributed by atoms with Gasteiger partial charge in [0.1, 0.15) is 0 Å². The second-order valence-corrected chi connectivity index (χ2v) is 17.1. The predicted molar refractivity (Wildman–Crippen MR) is 160 cm³/mol. The van der Waals surface area contributed by atoms with Gasteiger partial charge in [-0.25, -0.2) is 0 Å². The van der Waals surface area contributed by atoms with Crippen LogP contribution in [0.2, 0.25) is 0 Å². The van der Waals surface area contributed by atoms with Crippen LogP contribution < -0.4 is 0 Å². The Morgan fingerprint density at radius 2 is 1.48 bits per heavy atom. The number of fused-ring (bicyclic) bond motifs is 5. The number of aliphatic hydroxyl groups is 2. The molecule has 232 valence electrons. The molecule has 4 saturated carbocycles. The molecule has 5 aliphatic rings. The maximum Gasteiger partial charge on any atom is 0.162 e. The van der Waals surface area contributed by atoms with Crippen molar-refractivity contribution >= 4 is 0 Å². The van der Waals surface area contributed by atoms with Gasteiger partial charge in [-0.3, -0.25) is 0 Å². The van der Waals surface area contributed by atoms with Crippen molar-refractivity contribution in [2.75, 3.05) is 19.8 Å². The monoisotopic (exact) mass is 562 g/mol. The average molecular weight is 563 g/mol. The summed E-state index contributed by atoms with van der Waals surface area (Å²) >= 11 is 0. The lowest BCUT2D eigenvalue weighted by Crippen LogP contribution is -2.59. The average Bonchev–Trinajstić information content (AvgIpc) is 3.22. The van der Waals surface area contributed by atoms with E-state index in [1.807, 2.05) is 27.7 Å². The Morgan fingerprint density at radius 3 is 2.15 bits per heavy atom. The molecule has 0 unspecified atom stereocenters. The molecule has 0 aromatic carbocycles. The number of hydrogen-bond acceptors (Lipinski definition) is 5. The summed E-state index contributed by atoms with van der Waals surface area (Å²) in [4.78, 5) is 0. The highest BCUT2D eigenvalue weighted by Crippen LogP contribution is 2.68. The van der Waals surface area contributed by atoms with E-state index in [1.54, 1.807) is 0 Å². The molecule has 1 saturated heterocycles. The van der Waals surface area contributed by atoms with Crippen LogP contribution in [0.25, 0.3) is 0 Å². The van der Waals surface area contributed by atoms with Gasteiger partial charge in [0.25, 0.3) is 0 Å². The minimum Gasteiger partial charge on any atom is -0.390 e. The Hall–Kier alpha value is -0.200. The predicted octanol–water partition coefficient (Wildman–Crippen LogP) is 7.37. The molecule has 5 fully saturated rings. The first kappa shape index (κ1) is 31.2. The van der Waals surface area contributed by atoms with Gasteiger partial charge < -0.3 is 24.4 Å². The standard InChI is InChI=1S/C35H62O5/c1-23(10-9-17-31(2,3)37)25-13-14-26-24-11-12-28-30(36)29(38-20-33(6)21-39-32(4,5)40-22-33)16-19-35(28,8)27(24)15-18-34(25,26)7/h23-30,36-37H,9-22H2,1-8H3/t23-,24+,25-,26+,27+,28+,29+,30-,34-,35-/m1/s1. The van der Waals surface area contributed by atoms with Crippen LogP contribution in [0.5, 0.6) is 0 Å². The molecule has 0 aromatic rings. The Labute approximate surface area is 245 Å². The lowest BCUT2D eigenvalue weighted by Gasteiger charge is -2.62. The maximum atomic E-state index is 11.7. The Morgan fingerprint density at radius 1 is 0.850 bits per heavy atom. The summed E-state index contributed by atoms with van der Waals surface area (Å²) in [6.07, 6.45) is 12.9. The molecule has 10 atom stereocenters. The topological polar surface area (TPSA) is 68.2 Å². The molecule has 5 nitrogen and oxygen atoms in total. The third kappa shape index (κ3) is 5.94. The number of hydrogen-bond donors (Lipinski definition) is 2. The van der Waals surface area contributed by atoms with Gasteiger partial charge in [-0.05, 0) is 132 Å². The third-order valence-electron chi connectivity index (χ3n) is 13.1. The molecule has 0 spiro atoms. The highest BCUT2D eigenvalue weighted by Gasteiger charge is 2.62. The van der Waals surface area contributed by atoms with E-state index in [9.17, 15) is 10.2 Å². The SMILES string of the molecule is C[C@H](CCCC(C)(C)O)[C@H]1CC[C@H]2[C@@H]3CC[C@H]4[C@@H](O)[C@@H](OCC5(C)COC(C)(C)OC5)CC[C@]4(C)[C@H]3CC[C@]12C. The molecule has 4 aliphatic carbocycles. The van der Waals surface area contributed by atoms with Gasteiger partial charge in [0.2, 0.25) is 0 Å². The van der Waals surface area contributed by atoms with Crippen molar-refractivity contribution in [3.63, 3.8) is 0 Å². The third-order valence-corrected chi connectivity index (χ3v) is 13.1. The van der Waals surface area contributed by atoms with E-state index >= 15 is 0 Å². The van der Waals surface area contributed by atoms with Gasteiger partial charge in [-0.15, -0.1) is 0 Å². The Bertz CT molecular complexity index is 869. The largest absolute Gasteiger partial charge is 0.390 e. The Kier molecular flexibility index (Phi) is 8.64. The highest BCUT2D eigenvalue weighted by molar-refractivity contribution is 5.11. The minimum absolute atomic E-state index is 0.0733. The first-order valence-corrected chi connectivity index (χ1v) is 16.9. The van der Waals surface area contributed by atoms with E-state index in [1.165, 1.54) is 44.9 Å². The second-order valence-electron chi connectivity index (χ2n) is 17.1. The summed E-state index contributed by atoms with van der Waals surface area (Å²) in [5, 5.41) is 21.9. The van der Waals surface area contributed by atoms with Crippen molar-refractivity contribution in [2.24, 2.45) is 51.8 Å². The molecule has 5 rings (SSSR count). The van der Waals surface area contributed by atoms with Crippen molar-refractivity contribution in [1.82, 2.24) is 0 Å². The molecular weight excluding hydrogens is 500 g/mol. The molecule has 2 N–H and O–H groups in total. The summed E-state index contributed by atoms with van der Waals surface area (Å²) < 4.78 is 18.4. The summed E-state index contributed by atoms with van der Waals surface area (Å²) in [6.45, 7) is 19.5. The molecule has 0 bridgehead atoms. The summed E-state index contributed by atoms with van der Waals surface area (Å²) in [5.41, 5.74) is -0.0150. The van der Waals surface area contributed by atoms with Crippen molar-refractivity contribution in [2.45, 2.75) is 150 Å². The maximum absolute atomic E-state index is 11.7. The van der Waals surface area contributed by atoms with Crippen molar-refractivity contribution < 1.29 is 24.4 Å². The number of rotatable bonds is 8. The lowest BCUT2D eigenvalue weighted by molar-refractivity contribution is -0.293. The fourth-order valence-corrected chi connectivity index (χ4v) is 10.7. The van der Waals surface area contributed by atoms with E-state index in [2.05, 4.69) is 27.7 Å². The van der Waals surface area contributed by atoms with Crippen molar-refractivity contribution in [1.29, 1.82) is 0 Å². The van der Waals surface area contributed by atoms with Crippen LogP contribution in [0, 0.1) is 51.8 Å². The minimum atomic E-state index is -0.545. The van der Waals surface area contributed by atoms with E-state index in [-0.39, 0.29) is 23.0 Å². The van der Waals surface area contributed by atoms with Crippen LogP contribution >= 0.6 is 0 Å². The zero-order valence-corrected chi connectivity index (χ0v) is 27.1. The summed E-state index contributed by atoms with van der Waals surface area (Å²) in [5.74, 6) is 3.78. The normalized spacial score (nSPS) is 45.3. The number of ether oxygens (including phenoxy) is 3. The molecule has 40 heavy (non-hydrogen) atoms. The zero-order chi connectivity index (χ0) is 29.1. The van der Waals surface area contributed by atoms with E-state index in [4.69, 9.17) is 14.2 Å².